The number of alkyl halides is 3. The van der Waals surface area contributed by atoms with Crippen molar-refractivity contribution >= 4 is 5.97 Å². The fourth-order valence-corrected chi connectivity index (χ4v) is 1.66. The molecule has 7 heteroatoms. The minimum absolute atomic E-state index is 0.264. The zero-order valence-corrected chi connectivity index (χ0v) is 11.7. The molecule has 0 aliphatic rings. The van der Waals surface area contributed by atoms with Crippen molar-refractivity contribution in [2.24, 2.45) is 5.73 Å². The van der Waals surface area contributed by atoms with Gasteiger partial charge in [-0.2, -0.15) is 13.2 Å². The molecule has 0 aromatic carbocycles. The zero-order chi connectivity index (χ0) is 15.1. The molecule has 0 saturated carbocycles. The number of carbonyl (C=O) groups excluding carboxylic acids is 1. The predicted molar refractivity (Wildman–Crippen MR) is 66.6 cm³/mol. The van der Waals surface area contributed by atoms with Crippen LogP contribution >= 0.6 is 0 Å². The van der Waals surface area contributed by atoms with Crippen LogP contribution < -0.4 is 5.73 Å². The molecule has 1 atom stereocenters. The molecule has 0 spiro atoms. The first-order valence-electron chi connectivity index (χ1n) is 6.30. The molecule has 0 aromatic rings. The van der Waals surface area contributed by atoms with E-state index in [1.54, 1.807) is 13.8 Å². The molecule has 2 N–H and O–H groups in total. The summed E-state index contributed by atoms with van der Waals surface area (Å²) in [6.45, 7) is 2.92. The number of unbranched alkanes of at least 4 members (excludes halogenated alkanes) is 1. The van der Waals surface area contributed by atoms with Crippen molar-refractivity contribution in [2.45, 2.75) is 44.8 Å². The van der Waals surface area contributed by atoms with Gasteiger partial charge < -0.3 is 10.5 Å². The first-order valence-corrected chi connectivity index (χ1v) is 6.30. The number of hydrogen-bond donors (Lipinski definition) is 1. The van der Waals surface area contributed by atoms with Crippen molar-refractivity contribution in [3.8, 4) is 0 Å². The van der Waals surface area contributed by atoms with Gasteiger partial charge in [0.25, 0.3) is 0 Å². The van der Waals surface area contributed by atoms with Gasteiger partial charge >= 0.3 is 12.1 Å². The average molecular weight is 284 g/mol. The summed E-state index contributed by atoms with van der Waals surface area (Å²) in [5.41, 5.74) is 4.73. The number of nitrogens with two attached hydrogens (primary N) is 1. The van der Waals surface area contributed by atoms with Crippen molar-refractivity contribution in [1.29, 1.82) is 0 Å². The molecule has 0 aliphatic heterocycles. The van der Waals surface area contributed by atoms with E-state index in [0.29, 0.717) is 25.8 Å². The van der Waals surface area contributed by atoms with Crippen LogP contribution in [0.25, 0.3) is 0 Å². The summed E-state index contributed by atoms with van der Waals surface area (Å²) in [5.74, 6) is -0.473. The van der Waals surface area contributed by atoms with Crippen molar-refractivity contribution in [3.63, 3.8) is 0 Å². The summed E-state index contributed by atoms with van der Waals surface area (Å²) in [6.07, 6.45) is -2.65. The Morgan fingerprint density at radius 2 is 1.89 bits per heavy atom. The summed E-state index contributed by atoms with van der Waals surface area (Å²) in [4.78, 5) is 12.7. The van der Waals surface area contributed by atoms with Gasteiger partial charge in [-0.15, -0.1) is 0 Å². The fraction of sp³-hybridized carbons (Fsp3) is 0.917. The number of nitrogens with zero attached hydrogens (tertiary/aromatic N) is 1. The van der Waals surface area contributed by atoms with Gasteiger partial charge in [0.05, 0.1) is 13.2 Å². The van der Waals surface area contributed by atoms with Gasteiger partial charge in [0.2, 0.25) is 0 Å². The number of ether oxygens (including phenoxy) is 1. The third-order valence-corrected chi connectivity index (χ3v) is 2.68. The van der Waals surface area contributed by atoms with Gasteiger partial charge in [0.15, 0.2) is 0 Å². The Balaban J connectivity index is 3.88. The van der Waals surface area contributed by atoms with Gasteiger partial charge in [-0.25, -0.2) is 0 Å². The standard InChI is InChI=1S/C12H23F3N2O2/c1-4-19-10(18)11(2,16)7-5-6-8-17(3)9-12(13,14)15/h4-9,16H2,1-3H3. The number of halogens is 3. The smallest absolute Gasteiger partial charge is 0.401 e. The molecule has 19 heavy (non-hydrogen) atoms. The molecule has 0 heterocycles. The van der Waals surface area contributed by atoms with Crippen LogP contribution in [0.4, 0.5) is 13.2 Å². The lowest BCUT2D eigenvalue weighted by atomic mass is 9.96. The lowest BCUT2D eigenvalue weighted by molar-refractivity contribution is -0.149. The second kappa shape index (κ2) is 7.69. The minimum atomic E-state index is -4.18. The third kappa shape index (κ3) is 8.83. The highest BCUT2D eigenvalue weighted by molar-refractivity contribution is 5.79. The molecule has 0 bridgehead atoms. The predicted octanol–water partition coefficient (Wildman–Crippen LogP) is 1.93. The summed E-state index contributed by atoms with van der Waals surface area (Å²) in [6, 6.07) is 0. The molecule has 1 unspecified atom stereocenters. The summed E-state index contributed by atoms with van der Waals surface area (Å²) < 4.78 is 41.0. The van der Waals surface area contributed by atoms with E-state index in [1.807, 2.05) is 0 Å². The molecule has 0 aromatic heterocycles. The monoisotopic (exact) mass is 284 g/mol. The van der Waals surface area contributed by atoms with Crippen LogP contribution in [0.1, 0.15) is 33.1 Å². The molecule has 0 aliphatic carbocycles. The molecule has 114 valence electrons. The van der Waals surface area contributed by atoms with Gasteiger partial charge in [0.1, 0.15) is 5.54 Å². The summed E-state index contributed by atoms with van der Waals surface area (Å²) in [5, 5.41) is 0. The molecule has 0 fully saturated rings. The Hall–Kier alpha value is -0.820. The van der Waals surface area contributed by atoms with Crippen molar-refractivity contribution in [1.82, 2.24) is 4.90 Å². The number of hydrogen-bond acceptors (Lipinski definition) is 4. The molecule has 0 amide bonds. The van der Waals surface area contributed by atoms with Gasteiger partial charge in [-0.3, -0.25) is 9.69 Å². The maximum Gasteiger partial charge on any atom is 0.401 e. The number of rotatable bonds is 8. The fourth-order valence-electron chi connectivity index (χ4n) is 1.66. The average Bonchev–Trinajstić information content (AvgIpc) is 2.22. The largest absolute Gasteiger partial charge is 0.465 e. The minimum Gasteiger partial charge on any atom is -0.465 e. The first kappa shape index (κ1) is 18.2. The van der Waals surface area contributed by atoms with Crippen molar-refractivity contribution < 1.29 is 22.7 Å². The van der Waals surface area contributed by atoms with Crippen LogP contribution in [-0.4, -0.2) is 49.3 Å². The van der Waals surface area contributed by atoms with E-state index in [0.717, 1.165) is 0 Å². The Morgan fingerprint density at radius 1 is 1.32 bits per heavy atom. The van der Waals surface area contributed by atoms with Crippen LogP contribution in [0.5, 0.6) is 0 Å². The van der Waals surface area contributed by atoms with Gasteiger partial charge in [0, 0.05) is 0 Å². The Labute approximate surface area is 112 Å². The second-order valence-electron chi connectivity index (χ2n) is 4.95. The quantitative estimate of drug-likeness (QED) is 0.546. The van der Waals surface area contributed by atoms with E-state index in [4.69, 9.17) is 10.5 Å². The molecule has 0 rings (SSSR count). The Morgan fingerprint density at radius 3 is 2.37 bits per heavy atom. The summed E-state index contributed by atoms with van der Waals surface area (Å²) in [7, 11) is 1.42. The van der Waals surface area contributed by atoms with E-state index < -0.39 is 24.2 Å². The second-order valence-corrected chi connectivity index (χ2v) is 4.95. The molecule has 0 saturated heterocycles. The van der Waals surface area contributed by atoms with Gasteiger partial charge in [-0.1, -0.05) is 0 Å². The van der Waals surface area contributed by atoms with E-state index in [-0.39, 0.29) is 6.61 Å². The van der Waals surface area contributed by atoms with Crippen LogP contribution in [0, 0.1) is 0 Å². The highest BCUT2D eigenvalue weighted by atomic mass is 19.4. The van der Waals surface area contributed by atoms with E-state index in [9.17, 15) is 18.0 Å². The van der Waals surface area contributed by atoms with E-state index in [1.165, 1.54) is 11.9 Å². The molecule has 0 radical (unpaired) electrons. The normalized spacial score (nSPS) is 15.4. The van der Waals surface area contributed by atoms with Crippen LogP contribution in [0.2, 0.25) is 0 Å². The van der Waals surface area contributed by atoms with E-state index >= 15 is 0 Å². The topological polar surface area (TPSA) is 55.6 Å². The van der Waals surface area contributed by atoms with Crippen molar-refractivity contribution in [3.05, 3.63) is 0 Å². The highest BCUT2D eigenvalue weighted by Gasteiger charge is 2.30. The van der Waals surface area contributed by atoms with Crippen LogP contribution in [0.15, 0.2) is 0 Å². The first-order chi connectivity index (χ1) is 8.58. The van der Waals surface area contributed by atoms with Gasteiger partial charge in [-0.05, 0) is 46.7 Å². The molecule has 4 nitrogen and oxygen atoms in total. The van der Waals surface area contributed by atoms with Crippen LogP contribution in [-0.2, 0) is 9.53 Å². The lowest BCUT2D eigenvalue weighted by Crippen LogP contribution is -2.46. The molecular formula is C12H23F3N2O2. The third-order valence-electron chi connectivity index (χ3n) is 2.68. The van der Waals surface area contributed by atoms with E-state index in [2.05, 4.69) is 0 Å². The lowest BCUT2D eigenvalue weighted by Gasteiger charge is -2.23. The van der Waals surface area contributed by atoms with Crippen LogP contribution in [0.3, 0.4) is 0 Å². The Bertz CT molecular complexity index is 281. The number of esters is 1. The number of carbonyl (C=O) groups is 1. The van der Waals surface area contributed by atoms with Crippen molar-refractivity contribution in [2.75, 3.05) is 26.7 Å². The highest BCUT2D eigenvalue weighted by Crippen LogP contribution is 2.17. The SMILES string of the molecule is CCOC(=O)C(C)(N)CCCCN(C)CC(F)(F)F. The zero-order valence-electron chi connectivity index (χ0n) is 11.7. The Kier molecular flexibility index (Phi) is 7.36. The maximum absolute atomic E-state index is 12.1. The molecular weight excluding hydrogens is 261 g/mol. The maximum atomic E-state index is 12.1. The summed E-state index contributed by atoms with van der Waals surface area (Å²) >= 11 is 0.